The molecular formula is C27H40NO10-. The van der Waals surface area contributed by atoms with Crippen molar-refractivity contribution in [1.82, 2.24) is 5.32 Å². The van der Waals surface area contributed by atoms with Crippen molar-refractivity contribution >= 4 is 17.8 Å². The maximum atomic E-state index is 12.3. The normalized spacial score (nSPS) is 22.8. The van der Waals surface area contributed by atoms with E-state index in [9.17, 15) is 34.8 Å². The van der Waals surface area contributed by atoms with Crippen LogP contribution in [0.15, 0.2) is 24.3 Å². The van der Waals surface area contributed by atoms with E-state index in [4.69, 9.17) is 14.2 Å². The van der Waals surface area contributed by atoms with Crippen LogP contribution in [-0.2, 0) is 28.6 Å². The molecule has 0 spiro atoms. The van der Waals surface area contributed by atoms with E-state index >= 15 is 0 Å². The van der Waals surface area contributed by atoms with E-state index in [-0.39, 0.29) is 44.1 Å². The Kier molecular flexibility index (Phi) is 13.5. The molecule has 1 aromatic rings. The molecular weight excluding hydrogens is 498 g/mol. The highest BCUT2D eigenvalue weighted by molar-refractivity contribution is 5.81. The quantitative estimate of drug-likeness (QED) is 0.177. The van der Waals surface area contributed by atoms with Crippen molar-refractivity contribution in [2.45, 2.75) is 108 Å². The van der Waals surface area contributed by atoms with E-state index in [1.807, 2.05) is 6.92 Å². The van der Waals surface area contributed by atoms with Crippen LogP contribution in [0.1, 0.15) is 83.3 Å². The van der Waals surface area contributed by atoms with Crippen LogP contribution in [0.25, 0.3) is 0 Å². The zero-order valence-electron chi connectivity index (χ0n) is 22.0. The molecule has 0 bridgehead atoms. The zero-order valence-corrected chi connectivity index (χ0v) is 22.0. The summed E-state index contributed by atoms with van der Waals surface area (Å²) in [5.74, 6) is -1.98. The van der Waals surface area contributed by atoms with Gasteiger partial charge in [0.2, 0.25) is 5.91 Å². The summed E-state index contributed by atoms with van der Waals surface area (Å²) in [6.45, 7) is 3.56. The van der Waals surface area contributed by atoms with E-state index in [1.165, 1.54) is 12.1 Å². The Morgan fingerprint density at radius 3 is 2.47 bits per heavy atom. The second-order valence-corrected chi connectivity index (χ2v) is 9.72. The number of aromatic hydroxyl groups is 1. The molecule has 11 nitrogen and oxygen atoms in total. The lowest BCUT2D eigenvalue weighted by atomic mass is 10.0. The van der Waals surface area contributed by atoms with Crippen LogP contribution in [0.2, 0.25) is 0 Å². The highest BCUT2D eigenvalue weighted by atomic mass is 16.7. The standard InChI is InChI=1S/C27H41NO10/c1-17(7-5-3-4-6-8-25(33)34)36-27-21(30)15-23(18(2)37-27)38-26(35)14-13-24(32)28-16-22(31)19-9-11-20(29)12-10-19/h9-12,17-18,21-23,27,29-31H,3-8,13-16H2,1-2H3,(H,28,32)(H,33,34)/p-1/t17?,18?,21?,22-,23+,27+/m0/s1. The first-order chi connectivity index (χ1) is 18.0. The Hall–Kier alpha value is -2.73. The lowest BCUT2D eigenvalue weighted by Crippen LogP contribution is -2.49. The number of hydrogen-bond acceptors (Lipinski definition) is 10. The van der Waals surface area contributed by atoms with Gasteiger partial charge in [0.15, 0.2) is 6.29 Å². The Morgan fingerprint density at radius 1 is 1.11 bits per heavy atom. The summed E-state index contributed by atoms with van der Waals surface area (Å²) in [4.78, 5) is 34.8. The van der Waals surface area contributed by atoms with Gasteiger partial charge in [-0.1, -0.05) is 31.4 Å². The number of carboxylic acids is 1. The van der Waals surface area contributed by atoms with Crippen LogP contribution < -0.4 is 10.4 Å². The summed E-state index contributed by atoms with van der Waals surface area (Å²) in [6, 6.07) is 5.97. The average Bonchev–Trinajstić information content (AvgIpc) is 2.86. The molecule has 1 aliphatic rings. The number of aliphatic hydroxyl groups is 2. The van der Waals surface area contributed by atoms with Crippen molar-refractivity contribution in [3.63, 3.8) is 0 Å². The highest BCUT2D eigenvalue weighted by Crippen LogP contribution is 2.26. The fourth-order valence-corrected chi connectivity index (χ4v) is 4.11. The number of unbranched alkanes of at least 4 members (excludes halogenated alkanes) is 3. The summed E-state index contributed by atoms with van der Waals surface area (Å²) >= 11 is 0. The maximum absolute atomic E-state index is 12.3. The molecule has 1 heterocycles. The van der Waals surface area contributed by atoms with Gasteiger partial charge < -0.3 is 44.7 Å². The number of hydrogen-bond donors (Lipinski definition) is 4. The Labute approximate surface area is 223 Å². The number of benzene rings is 1. The minimum Gasteiger partial charge on any atom is -0.550 e. The Morgan fingerprint density at radius 2 is 1.79 bits per heavy atom. The predicted molar refractivity (Wildman–Crippen MR) is 133 cm³/mol. The number of phenolic OH excluding ortho intramolecular Hbond substituents is 1. The fourth-order valence-electron chi connectivity index (χ4n) is 4.11. The third-order valence-electron chi connectivity index (χ3n) is 6.38. The highest BCUT2D eigenvalue weighted by Gasteiger charge is 2.38. The largest absolute Gasteiger partial charge is 0.550 e. The number of nitrogens with one attached hydrogen (secondary N) is 1. The Bertz CT molecular complexity index is 877. The number of rotatable bonds is 16. The Balaban J connectivity index is 1.63. The van der Waals surface area contributed by atoms with Crippen LogP contribution >= 0.6 is 0 Å². The van der Waals surface area contributed by atoms with E-state index in [2.05, 4.69) is 5.32 Å². The monoisotopic (exact) mass is 538 g/mol. The second-order valence-electron chi connectivity index (χ2n) is 9.72. The topological polar surface area (TPSA) is 175 Å². The van der Waals surface area contributed by atoms with Crippen LogP contribution in [0.3, 0.4) is 0 Å². The zero-order chi connectivity index (χ0) is 28.1. The first kappa shape index (κ1) is 31.5. The molecule has 0 radical (unpaired) electrons. The number of esters is 1. The molecule has 0 aromatic heterocycles. The average molecular weight is 539 g/mol. The number of aliphatic carboxylic acids is 1. The van der Waals surface area contributed by atoms with Crippen LogP contribution in [0.4, 0.5) is 0 Å². The molecule has 3 unspecified atom stereocenters. The molecule has 38 heavy (non-hydrogen) atoms. The first-order valence-electron chi connectivity index (χ1n) is 13.2. The number of carboxylic acid groups (broad SMARTS) is 1. The fraction of sp³-hybridized carbons (Fsp3) is 0.667. The molecule has 11 heteroatoms. The van der Waals surface area contributed by atoms with E-state index in [0.29, 0.717) is 12.0 Å². The van der Waals surface area contributed by atoms with Gasteiger partial charge in [0.1, 0.15) is 18.0 Å². The SMILES string of the molecule is CC(CCCCCCC(=O)[O-])O[C@@H]1OC(C)[C@H](OC(=O)CCC(=O)NC[C@H](O)c2ccc(O)cc2)CC1O. The lowest BCUT2D eigenvalue weighted by Gasteiger charge is -2.38. The van der Waals surface area contributed by atoms with Gasteiger partial charge in [-0.2, -0.15) is 0 Å². The van der Waals surface area contributed by atoms with Crippen molar-refractivity contribution in [3.8, 4) is 5.75 Å². The first-order valence-corrected chi connectivity index (χ1v) is 13.2. The summed E-state index contributed by atoms with van der Waals surface area (Å²) in [5, 5.41) is 42.9. The van der Waals surface area contributed by atoms with Gasteiger partial charge in [0.05, 0.1) is 24.7 Å². The molecule has 1 fully saturated rings. The van der Waals surface area contributed by atoms with Crippen molar-refractivity contribution < 1.29 is 49.0 Å². The molecule has 0 saturated carbocycles. The number of amides is 1. The molecule has 1 amide bonds. The number of phenols is 1. The number of carbonyl (C=O) groups is 3. The van der Waals surface area contributed by atoms with E-state index in [1.54, 1.807) is 19.1 Å². The van der Waals surface area contributed by atoms with Gasteiger partial charge in [0.25, 0.3) is 0 Å². The van der Waals surface area contributed by atoms with Crippen molar-refractivity contribution in [1.29, 1.82) is 0 Å². The summed E-state index contributed by atoms with van der Waals surface area (Å²) in [6.07, 6.45) is -0.383. The molecule has 6 atom stereocenters. The van der Waals surface area contributed by atoms with Crippen molar-refractivity contribution in [3.05, 3.63) is 29.8 Å². The second kappa shape index (κ2) is 16.3. The van der Waals surface area contributed by atoms with E-state index < -0.39 is 48.6 Å². The molecule has 4 N–H and O–H groups in total. The summed E-state index contributed by atoms with van der Waals surface area (Å²) < 4.78 is 17.0. The number of ether oxygens (including phenoxy) is 3. The van der Waals surface area contributed by atoms with Crippen LogP contribution in [0, 0.1) is 0 Å². The van der Waals surface area contributed by atoms with Crippen LogP contribution in [0.5, 0.6) is 5.75 Å². The smallest absolute Gasteiger partial charge is 0.306 e. The molecule has 2 rings (SSSR count). The predicted octanol–water partition coefficient (Wildman–Crippen LogP) is 1.23. The van der Waals surface area contributed by atoms with Crippen molar-refractivity contribution in [2.75, 3.05) is 6.54 Å². The van der Waals surface area contributed by atoms with Gasteiger partial charge >= 0.3 is 5.97 Å². The lowest BCUT2D eigenvalue weighted by molar-refractivity contribution is -0.305. The molecule has 1 saturated heterocycles. The summed E-state index contributed by atoms with van der Waals surface area (Å²) in [5.41, 5.74) is 0.537. The van der Waals surface area contributed by atoms with Gasteiger partial charge in [-0.3, -0.25) is 9.59 Å². The number of aliphatic hydroxyl groups excluding tert-OH is 2. The van der Waals surface area contributed by atoms with Crippen LogP contribution in [-0.4, -0.2) is 70.4 Å². The maximum Gasteiger partial charge on any atom is 0.306 e. The van der Waals surface area contributed by atoms with Gasteiger partial charge in [-0.25, -0.2) is 0 Å². The van der Waals surface area contributed by atoms with Gasteiger partial charge in [-0.15, -0.1) is 0 Å². The summed E-state index contributed by atoms with van der Waals surface area (Å²) in [7, 11) is 0. The molecule has 0 aliphatic carbocycles. The molecule has 1 aliphatic heterocycles. The minimum atomic E-state index is -1.03. The molecule has 214 valence electrons. The number of carbonyl (C=O) groups excluding carboxylic acids is 3. The third kappa shape index (κ3) is 11.8. The minimum absolute atomic E-state index is 0.0411. The van der Waals surface area contributed by atoms with Gasteiger partial charge in [0, 0.05) is 25.4 Å². The third-order valence-corrected chi connectivity index (χ3v) is 6.38. The van der Waals surface area contributed by atoms with Gasteiger partial charge in [-0.05, 0) is 50.8 Å². The van der Waals surface area contributed by atoms with E-state index in [0.717, 1.165) is 25.7 Å². The molecule has 1 aromatic carbocycles. The van der Waals surface area contributed by atoms with Crippen molar-refractivity contribution in [2.24, 2.45) is 0 Å².